The maximum Gasteiger partial charge on any atom is 0.291 e. The monoisotopic (exact) mass is 373 g/mol. The van der Waals surface area contributed by atoms with Crippen molar-refractivity contribution in [3.8, 4) is 11.4 Å². The van der Waals surface area contributed by atoms with Crippen LogP contribution in [0.15, 0.2) is 65.3 Å². The van der Waals surface area contributed by atoms with E-state index in [1.54, 1.807) is 24.3 Å². The van der Waals surface area contributed by atoms with Gasteiger partial charge in [-0.15, -0.1) is 12.4 Å². The number of fused-ring (bicyclic) bond motifs is 1. The van der Waals surface area contributed by atoms with Crippen molar-refractivity contribution in [3.05, 3.63) is 71.6 Å². The molecule has 0 fully saturated rings. The minimum absolute atomic E-state index is 0. The van der Waals surface area contributed by atoms with Crippen LogP contribution in [0.2, 0.25) is 5.02 Å². The molecule has 0 aliphatic rings. The number of para-hydroxylation sites is 2. The van der Waals surface area contributed by atoms with Gasteiger partial charge < -0.3 is 14.7 Å². The van der Waals surface area contributed by atoms with E-state index >= 15 is 0 Å². The van der Waals surface area contributed by atoms with E-state index in [9.17, 15) is 4.79 Å². The van der Waals surface area contributed by atoms with Crippen molar-refractivity contribution in [2.75, 3.05) is 5.32 Å². The van der Waals surface area contributed by atoms with Crippen LogP contribution < -0.4 is 5.32 Å². The second-order valence-electron chi connectivity index (χ2n) is 5.23. The maximum absolute atomic E-state index is 12.1. The van der Waals surface area contributed by atoms with Gasteiger partial charge in [0, 0.05) is 5.56 Å². The number of benzene rings is 2. The number of halogens is 2. The summed E-state index contributed by atoms with van der Waals surface area (Å²) >= 11 is 6.19. The Hall–Kier alpha value is -2.76. The van der Waals surface area contributed by atoms with E-state index in [0.717, 1.165) is 16.6 Å². The number of anilines is 1. The number of carbonyl (C=O) groups excluding carboxylic acids is 1. The third-order valence-electron chi connectivity index (χ3n) is 3.62. The van der Waals surface area contributed by atoms with Crippen LogP contribution in [-0.2, 0) is 0 Å². The van der Waals surface area contributed by atoms with E-state index in [1.165, 1.54) is 6.26 Å². The van der Waals surface area contributed by atoms with Gasteiger partial charge in [0.25, 0.3) is 5.91 Å². The molecule has 2 aromatic heterocycles. The van der Waals surface area contributed by atoms with Crippen molar-refractivity contribution in [2.24, 2.45) is 0 Å². The SMILES string of the molecule is Cl.O=C(Nc1cc(-c2nc3ccccc3[nH]2)ccc1Cl)c1ccco1. The second kappa shape index (κ2) is 7.01. The smallest absolute Gasteiger partial charge is 0.291 e. The number of imidazole rings is 1. The first kappa shape index (κ1) is 17.1. The molecule has 0 atom stereocenters. The number of hydrogen-bond donors (Lipinski definition) is 2. The van der Waals surface area contributed by atoms with E-state index in [0.29, 0.717) is 16.5 Å². The van der Waals surface area contributed by atoms with Gasteiger partial charge in [0.05, 0.1) is 28.0 Å². The molecule has 126 valence electrons. The first-order valence-corrected chi connectivity index (χ1v) is 7.68. The quantitative estimate of drug-likeness (QED) is 0.521. The number of nitrogens with one attached hydrogen (secondary N) is 2. The van der Waals surface area contributed by atoms with Gasteiger partial charge in [0.1, 0.15) is 5.82 Å². The highest BCUT2D eigenvalue weighted by Crippen LogP contribution is 2.29. The normalized spacial score (nSPS) is 10.4. The van der Waals surface area contributed by atoms with Crippen LogP contribution in [0, 0.1) is 0 Å². The van der Waals surface area contributed by atoms with E-state index < -0.39 is 0 Å². The molecule has 0 unspecified atom stereocenters. The Morgan fingerprint density at radius 2 is 1.96 bits per heavy atom. The molecule has 1 amide bonds. The van der Waals surface area contributed by atoms with Crippen LogP contribution in [0.25, 0.3) is 22.4 Å². The van der Waals surface area contributed by atoms with Crippen LogP contribution in [0.3, 0.4) is 0 Å². The molecule has 0 saturated carbocycles. The van der Waals surface area contributed by atoms with Crippen LogP contribution >= 0.6 is 24.0 Å². The summed E-state index contributed by atoms with van der Waals surface area (Å²) in [5.74, 6) is 0.574. The largest absolute Gasteiger partial charge is 0.459 e. The first-order valence-electron chi connectivity index (χ1n) is 7.30. The predicted molar refractivity (Wildman–Crippen MR) is 100 cm³/mol. The zero-order valence-electron chi connectivity index (χ0n) is 12.8. The van der Waals surface area contributed by atoms with E-state index in [2.05, 4.69) is 15.3 Å². The highest BCUT2D eigenvalue weighted by atomic mass is 35.5. The third-order valence-corrected chi connectivity index (χ3v) is 3.95. The maximum atomic E-state index is 12.1. The van der Waals surface area contributed by atoms with Gasteiger partial charge in [0.15, 0.2) is 5.76 Å². The number of amides is 1. The fourth-order valence-corrected chi connectivity index (χ4v) is 2.61. The molecule has 0 radical (unpaired) electrons. The summed E-state index contributed by atoms with van der Waals surface area (Å²) in [5.41, 5.74) is 3.15. The molecule has 25 heavy (non-hydrogen) atoms. The number of furan rings is 1. The highest BCUT2D eigenvalue weighted by molar-refractivity contribution is 6.34. The lowest BCUT2D eigenvalue weighted by Crippen LogP contribution is -2.11. The number of carbonyl (C=O) groups is 1. The molecule has 4 aromatic rings. The number of nitrogens with zero attached hydrogens (tertiary/aromatic N) is 1. The number of aromatic nitrogens is 2. The van der Waals surface area contributed by atoms with Gasteiger partial charge in [-0.25, -0.2) is 4.98 Å². The molecule has 2 heterocycles. The Morgan fingerprint density at radius 1 is 1.12 bits per heavy atom. The molecule has 7 heteroatoms. The van der Waals surface area contributed by atoms with Crippen molar-refractivity contribution < 1.29 is 9.21 Å². The lowest BCUT2D eigenvalue weighted by atomic mass is 10.2. The van der Waals surface area contributed by atoms with Crippen molar-refractivity contribution >= 4 is 46.6 Å². The number of aromatic amines is 1. The first-order chi connectivity index (χ1) is 11.7. The average molecular weight is 374 g/mol. The number of hydrogen-bond acceptors (Lipinski definition) is 3. The fourth-order valence-electron chi connectivity index (χ4n) is 2.45. The van der Waals surface area contributed by atoms with Gasteiger partial charge in [-0.3, -0.25) is 4.79 Å². The van der Waals surface area contributed by atoms with Crippen LogP contribution in [0.4, 0.5) is 5.69 Å². The zero-order valence-corrected chi connectivity index (χ0v) is 14.4. The molecule has 0 aliphatic carbocycles. The molecule has 2 N–H and O–H groups in total. The molecule has 0 aliphatic heterocycles. The van der Waals surface area contributed by atoms with Gasteiger partial charge in [-0.05, 0) is 42.5 Å². The second-order valence-corrected chi connectivity index (χ2v) is 5.64. The zero-order chi connectivity index (χ0) is 16.5. The summed E-state index contributed by atoms with van der Waals surface area (Å²) in [5, 5.41) is 3.19. The minimum atomic E-state index is -0.358. The van der Waals surface area contributed by atoms with E-state index in [1.807, 2.05) is 30.3 Å². The summed E-state index contributed by atoms with van der Waals surface area (Å²) in [7, 11) is 0. The Labute approximate surface area is 154 Å². The number of H-pyrrole nitrogens is 1. The standard InChI is InChI=1S/C18H12ClN3O2.ClH/c19-12-8-7-11(17-20-13-4-1-2-5-14(13)21-17)10-15(12)22-18(23)16-6-3-9-24-16;/h1-10H,(H,20,21)(H,22,23);1H. The van der Waals surface area contributed by atoms with Crippen LogP contribution in [0.5, 0.6) is 0 Å². The topological polar surface area (TPSA) is 70.9 Å². The van der Waals surface area contributed by atoms with Gasteiger partial charge in [-0.1, -0.05) is 23.7 Å². The summed E-state index contributed by atoms with van der Waals surface area (Å²) in [6.07, 6.45) is 1.45. The van der Waals surface area contributed by atoms with Crippen molar-refractivity contribution in [1.82, 2.24) is 9.97 Å². The lowest BCUT2D eigenvalue weighted by Gasteiger charge is -2.07. The van der Waals surface area contributed by atoms with Gasteiger partial charge in [0.2, 0.25) is 0 Å². The molecule has 2 aromatic carbocycles. The molecular weight excluding hydrogens is 361 g/mol. The minimum Gasteiger partial charge on any atom is -0.459 e. The molecular formula is C18H13Cl2N3O2. The average Bonchev–Trinajstić information content (AvgIpc) is 3.26. The van der Waals surface area contributed by atoms with Crippen molar-refractivity contribution in [3.63, 3.8) is 0 Å². The Kier molecular flexibility index (Phi) is 4.79. The van der Waals surface area contributed by atoms with Crippen molar-refractivity contribution in [2.45, 2.75) is 0 Å². The van der Waals surface area contributed by atoms with Crippen LogP contribution in [0.1, 0.15) is 10.6 Å². The highest BCUT2D eigenvalue weighted by Gasteiger charge is 2.13. The van der Waals surface area contributed by atoms with Gasteiger partial charge >= 0.3 is 0 Å². The number of rotatable bonds is 3. The predicted octanol–water partition coefficient (Wildman–Crippen LogP) is 5.15. The van der Waals surface area contributed by atoms with Gasteiger partial charge in [-0.2, -0.15) is 0 Å². The van der Waals surface area contributed by atoms with Crippen molar-refractivity contribution in [1.29, 1.82) is 0 Å². The third kappa shape index (κ3) is 3.38. The molecule has 4 rings (SSSR count). The molecule has 5 nitrogen and oxygen atoms in total. The summed E-state index contributed by atoms with van der Waals surface area (Å²) in [4.78, 5) is 19.9. The molecule has 0 saturated heterocycles. The van der Waals surface area contributed by atoms with Crippen LogP contribution in [-0.4, -0.2) is 15.9 Å². The summed E-state index contributed by atoms with van der Waals surface area (Å²) < 4.78 is 5.09. The van der Waals surface area contributed by atoms with E-state index in [4.69, 9.17) is 16.0 Å². The Bertz CT molecular complexity index is 993. The lowest BCUT2D eigenvalue weighted by molar-refractivity contribution is 0.0996. The summed E-state index contributed by atoms with van der Waals surface area (Å²) in [6.45, 7) is 0. The molecule has 0 spiro atoms. The summed E-state index contributed by atoms with van der Waals surface area (Å²) in [6, 6.07) is 16.4. The van der Waals surface area contributed by atoms with E-state index in [-0.39, 0.29) is 24.1 Å². The Morgan fingerprint density at radius 3 is 2.72 bits per heavy atom. The fraction of sp³-hybridized carbons (Fsp3) is 0. The Balaban J connectivity index is 0.00000182. The molecule has 0 bridgehead atoms.